The highest BCUT2D eigenvalue weighted by Gasteiger charge is 2.10. The number of carbonyl (C=O) groups excluding carboxylic acids is 1. The Balaban J connectivity index is 2.19. The van der Waals surface area contributed by atoms with Crippen LogP contribution in [0.1, 0.15) is 21.5 Å². The Morgan fingerprint density at radius 2 is 1.72 bits per heavy atom. The normalized spacial score (nSPS) is 10.4. The molecule has 0 atom stereocenters. The second kappa shape index (κ2) is 5.81. The van der Waals surface area contributed by atoms with Crippen LogP contribution in [-0.4, -0.2) is 5.78 Å². The Hall–Kier alpha value is -0.930. The number of hydrogen-bond acceptors (Lipinski definition) is 1. The zero-order valence-electron chi connectivity index (χ0n) is 9.91. The summed E-state index contributed by atoms with van der Waals surface area (Å²) in [6.07, 6.45) is 0.426. The first-order valence-corrected chi connectivity index (χ1v) is 7.18. The molecular formula is C15H12Br2O. The zero-order valence-corrected chi connectivity index (χ0v) is 13.1. The first-order chi connectivity index (χ1) is 8.56. The fraction of sp³-hybridized carbons (Fsp3) is 0.133. The molecule has 0 aromatic heterocycles. The van der Waals surface area contributed by atoms with E-state index < -0.39 is 0 Å². The number of aryl methyl sites for hydroxylation is 1. The van der Waals surface area contributed by atoms with Gasteiger partial charge in [-0.05, 0) is 42.3 Å². The van der Waals surface area contributed by atoms with Crippen LogP contribution in [0.3, 0.4) is 0 Å². The van der Waals surface area contributed by atoms with Crippen molar-refractivity contribution in [3.63, 3.8) is 0 Å². The van der Waals surface area contributed by atoms with E-state index in [0.29, 0.717) is 6.42 Å². The molecule has 0 fully saturated rings. The first-order valence-electron chi connectivity index (χ1n) is 5.60. The molecule has 92 valence electrons. The van der Waals surface area contributed by atoms with E-state index in [0.717, 1.165) is 25.6 Å². The van der Waals surface area contributed by atoms with E-state index in [1.165, 1.54) is 0 Å². The van der Waals surface area contributed by atoms with Gasteiger partial charge in [0.2, 0.25) is 0 Å². The molecule has 2 rings (SSSR count). The second-order valence-electron chi connectivity index (χ2n) is 4.21. The van der Waals surface area contributed by atoms with Crippen molar-refractivity contribution in [2.75, 3.05) is 0 Å². The highest BCUT2D eigenvalue weighted by Crippen LogP contribution is 2.20. The molecular weight excluding hydrogens is 356 g/mol. The molecule has 1 nitrogen and oxygen atoms in total. The van der Waals surface area contributed by atoms with Crippen molar-refractivity contribution in [1.29, 1.82) is 0 Å². The summed E-state index contributed by atoms with van der Waals surface area (Å²) in [4.78, 5) is 12.2. The number of hydrogen-bond donors (Lipinski definition) is 0. The molecule has 0 saturated heterocycles. The Morgan fingerprint density at radius 3 is 2.33 bits per heavy atom. The van der Waals surface area contributed by atoms with Gasteiger partial charge in [0.1, 0.15) is 0 Å². The van der Waals surface area contributed by atoms with Crippen LogP contribution in [0.25, 0.3) is 0 Å². The SMILES string of the molecule is Cc1ccc(C(=O)Cc2ccc(Br)cc2)c(Br)c1. The average molecular weight is 368 g/mol. The van der Waals surface area contributed by atoms with Gasteiger partial charge in [0, 0.05) is 20.9 Å². The Morgan fingerprint density at radius 1 is 1.06 bits per heavy atom. The summed E-state index contributed by atoms with van der Waals surface area (Å²) in [7, 11) is 0. The fourth-order valence-electron chi connectivity index (χ4n) is 1.73. The molecule has 18 heavy (non-hydrogen) atoms. The molecule has 0 radical (unpaired) electrons. The van der Waals surface area contributed by atoms with Crippen LogP contribution >= 0.6 is 31.9 Å². The van der Waals surface area contributed by atoms with Gasteiger partial charge in [-0.2, -0.15) is 0 Å². The number of benzene rings is 2. The maximum atomic E-state index is 12.2. The minimum Gasteiger partial charge on any atom is -0.294 e. The molecule has 3 heteroatoms. The lowest BCUT2D eigenvalue weighted by atomic mass is 10.0. The minimum atomic E-state index is 0.129. The molecule has 0 bridgehead atoms. The van der Waals surface area contributed by atoms with E-state index in [4.69, 9.17) is 0 Å². The molecule has 0 spiro atoms. The summed E-state index contributed by atoms with van der Waals surface area (Å²) in [6, 6.07) is 13.6. The molecule has 2 aromatic carbocycles. The van der Waals surface area contributed by atoms with Crippen molar-refractivity contribution in [2.24, 2.45) is 0 Å². The predicted molar refractivity (Wildman–Crippen MR) is 81.1 cm³/mol. The van der Waals surface area contributed by atoms with Gasteiger partial charge in [0.15, 0.2) is 5.78 Å². The summed E-state index contributed by atoms with van der Waals surface area (Å²) in [5.74, 6) is 0.129. The van der Waals surface area contributed by atoms with Crippen molar-refractivity contribution in [2.45, 2.75) is 13.3 Å². The highest BCUT2D eigenvalue weighted by atomic mass is 79.9. The van der Waals surface area contributed by atoms with Crippen LogP contribution in [0.4, 0.5) is 0 Å². The van der Waals surface area contributed by atoms with E-state index in [-0.39, 0.29) is 5.78 Å². The fourth-order valence-corrected chi connectivity index (χ4v) is 2.71. The lowest BCUT2D eigenvalue weighted by molar-refractivity contribution is 0.0992. The van der Waals surface area contributed by atoms with Crippen molar-refractivity contribution in [1.82, 2.24) is 0 Å². The largest absolute Gasteiger partial charge is 0.294 e. The van der Waals surface area contributed by atoms with Crippen molar-refractivity contribution in [3.05, 3.63) is 68.1 Å². The van der Waals surface area contributed by atoms with Gasteiger partial charge in [0.25, 0.3) is 0 Å². The maximum absolute atomic E-state index is 12.2. The summed E-state index contributed by atoms with van der Waals surface area (Å²) in [6.45, 7) is 2.01. The monoisotopic (exact) mass is 366 g/mol. The van der Waals surface area contributed by atoms with E-state index in [1.807, 2.05) is 49.4 Å². The lowest BCUT2D eigenvalue weighted by Gasteiger charge is -2.05. The van der Waals surface area contributed by atoms with E-state index in [9.17, 15) is 4.79 Å². The number of halogens is 2. The predicted octanol–water partition coefficient (Wildman–Crippen LogP) is 4.95. The van der Waals surface area contributed by atoms with Gasteiger partial charge in [-0.15, -0.1) is 0 Å². The van der Waals surface area contributed by atoms with E-state index in [1.54, 1.807) is 0 Å². The third-order valence-corrected chi connectivity index (χ3v) is 3.89. The van der Waals surface area contributed by atoms with Crippen LogP contribution in [0.15, 0.2) is 51.4 Å². The molecule has 0 amide bonds. The van der Waals surface area contributed by atoms with E-state index >= 15 is 0 Å². The standard InChI is InChI=1S/C15H12Br2O/c1-10-2-7-13(14(17)8-10)15(18)9-11-3-5-12(16)6-4-11/h2-8H,9H2,1H3. The summed E-state index contributed by atoms with van der Waals surface area (Å²) < 4.78 is 1.89. The summed E-state index contributed by atoms with van der Waals surface area (Å²) in [5, 5.41) is 0. The van der Waals surface area contributed by atoms with Gasteiger partial charge in [-0.3, -0.25) is 4.79 Å². The molecule has 2 aromatic rings. The van der Waals surface area contributed by atoms with Crippen LogP contribution in [0, 0.1) is 6.92 Å². The molecule has 0 unspecified atom stereocenters. The maximum Gasteiger partial charge on any atom is 0.168 e. The van der Waals surface area contributed by atoms with Crippen LogP contribution in [0.2, 0.25) is 0 Å². The number of carbonyl (C=O) groups is 1. The first kappa shape index (κ1) is 13.5. The van der Waals surface area contributed by atoms with Crippen LogP contribution < -0.4 is 0 Å². The van der Waals surface area contributed by atoms with Gasteiger partial charge in [-0.25, -0.2) is 0 Å². The Bertz CT molecular complexity index is 574. The molecule has 0 heterocycles. The van der Waals surface area contributed by atoms with Crippen molar-refractivity contribution in [3.8, 4) is 0 Å². The second-order valence-corrected chi connectivity index (χ2v) is 5.98. The third kappa shape index (κ3) is 3.30. The average Bonchev–Trinajstić information content (AvgIpc) is 2.32. The van der Waals surface area contributed by atoms with Crippen LogP contribution in [-0.2, 0) is 6.42 Å². The van der Waals surface area contributed by atoms with Gasteiger partial charge in [-0.1, -0.05) is 50.1 Å². The third-order valence-electron chi connectivity index (χ3n) is 2.70. The molecule has 0 saturated carbocycles. The molecule has 0 N–H and O–H groups in total. The molecule has 0 aliphatic heterocycles. The molecule has 0 aliphatic rings. The van der Waals surface area contributed by atoms with Gasteiger partial charge >= 0.3 is 0 Å². The quantitative estimate of drug-likeness (QED) is 0.701. The Labute approximate surface area is 123 Å². The van der Waals surface area contributed by atoms with Gasteiger partial charge < -0.3 is 0 Å². The number of ketones is 1. The summed E-state index contributed by atoms with van der Waals surface area (Å²) >= 11 is 6.83. The van der Waals surface area contributed by atoms with Gasteiger partial charge in [0.05, 0.1) is 0 Å². The topological polar surface area (TPSA) is 17.1 Å². The van der Waals surface area contributed by atoms with Crippen LogP contribution in [0.5, 0.6) is 0 Å². The van der Waals surface area contributed by atoms with E-state index in [2.05, 4.69) is 31.9 Å². The smallest absolute Gasteiger partial charge is 0.168 e. The number of rotatable bonds is 3. The Kier molecular flexibility index (Phi) is 4.36. The highest BCUT2D eigenvalue weighted by molar-refractivity contribution is 9.10. The minimum absolute atomic E-state index is 0.129. The zero-order chi connectivity index (χ0) is 13.1. The number of Topliss-reactive ketones (excluding diaryl/α,β-unsaturated/α-hetero) is 1. The van der Waals surface area contributed by atoms with Crippen molar-refractivity contribution >= 4 is 37.6 Å². The summed E-state index contributed by atoms with van der Waals surface area (Å²) in [5.41, 5.74) is 2.90. The lowest BCUT2D eigenvalue weighted by Crippen LogP contribution is -2.04. The molecule has 0 aliphatic carbocycles. The van der Waals surface area contributed by atoms with Crippen molar-refractivity contribution < 1.29 is 4.79 Å².